The van der Waals surface area contributed by atoms with Crippen LogP contribution in [0.2, 0.25) is 10.0 Å². The molecule has 2 amide bonds. The van der Waals surface area contributed by atoms with Gasteiger partial charge >= 0.3 is 6.09 Å². The van der Waals surface area contributed by atoms with Crippen molar-refractivity contribution in [3.05, 3.63) is 58.2 Å². The summed E-state index contributed by atoms with van der Waals surface area (Å²) in [5, 5.41) is 10.3. The van der Waals surface area contributed by atoms with E-state index in [1.807, 2.05) is 24.3 Å². The lowest BCUT2D eigenvalue weighted by Crippen LogP contribution is -2.49. The number of likely N-dealkylation sites (tertiary alicyclic amines) is 1. The van der Waals surface area contributed by atoms with Gasteiger partial charge in [0.05, 0.1) is 27.4 Å². The lowest BCUT2D eigenvalue weighted by atomic mass is 9.93. The summed E-state index contributed by atoms with van der Waals surface area (Å²) in [7, 11) is 0. The first-order valence-electron chi connectivity index (χ1n) is 11.3. The average Bonchev–Trinajstić information content (AvgIpc) is 3.26. The maximum Gasteiger partial charge on any atom is 0.407 e. The second-order valence-corrected chi connectivity index (χ2v) is 10.1. The van der Waals surface area contributed by atoms with Gasteiger partial charge < -0.3 is 19.8 Å². The molecule has 0 saturated carbocycles. The number of carboxylic acid groups (broad SMARTS) is 1. The first-order valence-corrected chi connectivity index (χ1v) is 12.5. The van der Waals surface area contributed by atoms with Crippen molar-refractivity contribution < 1.29 is 14.7 Å². The van der Waals surface area contributed by atoms with Crippen LogP contribution < -0.4 is 4.90 Å². The third-order valence-electron chi connectivity index (χ3n) is 6.79. The van der Waals surface area contributed by atoms with Crippen LogP contribution in [-0.2, 0) is 4.79 Å². The van der Waals surface area contributed by atoms with E-state index in [9.17, 15) is 14.7 Å². The topological polar surface area (TPSA) is 77.0 Å². The largest absolute Gasteiger partial charge is 0.465 e. The minimum atomic E-state index is -1.01. The number of carbonyl (C=O) groups excluding carboxylic acids is 1. The van der Waals surface area contributed by atoms with E-state index in [4.69, 9.17) is 34.8 Å². The lowest BCUT2D eigenvalue weighted by Gasteiger charge is -2.37. The monoisotopic (exact) mass is 524 g/mol. The molecule has 0 aliphatic carbocycles. The molecule has 1 aromatic heterocycles. The SMILES string of the molecule is CCN(C(=O)O)[C@@H]1CN(C(=O)C2CCN(c3ccccn3)CC2Cl)C[C@H]1c1ccc(Cl)c(Cl)c1. The fraction of sp³-hybridized carbons (Fsp3) is 0.458. The van der Waals surface area contributed by atoms with Gasteiger partial charge in [0.2, 0.25) is 5.91 Å². The fourth-order valence-electron chi connectivity index (χ4n) is 5.03. The highest BCUT2D eigenvalue weighted by molar-refractivity contribution is 6.42. The van der Waals surface area contributed by atoms with E-state index in [1.54, 1.807) is 30.2 Å². The Bertz CT molecular complexity index is 1040. The number of halogens is 3. The summed E-state index contributed by atoms with van der Waals surface area (Å²) < 4.78 is 0. The Kier molecular flexibility index (Phi) is 7.75. The molecule has 2 aromatic rings. The van der Waals surface area contributed by atoms with E-state index in [0.29, 0.717) is 49.2 Å². The Balaban J connectivity index is 1.52. The molecule has 2 fully saturated rings. The minimum Gasteiger partial charge on any atom is -0.465 e. The molecule has 0 spiro atoms. The number of hydrogen-bond donors (Lipinski definition) is 1. The fourth-order valence-corrected chi connectivity index (χ4v) is 5.74. The van der Waals surface area contributed by atoms with Crippen molar-refractivity contribution in [1.82, 2.24) is 14.8 Å². The van der Waals surface area contributed by atoms with Crippen molar-refractivity contribution in [2.45, 2.75) is 30.7 Å². The van der Waals surface area contributed by atoms with Crippen molar-refractivity contribution in [3.63, 3.8) is 0 Å². The van der Waals surface area contributed by atoms with E-state index >= 15 is 0 Å². The number of rotatable bonds is 5. The molecule has 1 aromatic carbocycles. The number of nitrogens with zero attached hydrogens (tertiary/aromatic N) is 4. The number of alkyl halides is 1. The molecule has 182 valence electrons. The second kappa shape index (κ2) is 10.6. The minimum absolute atomic E-state index is 0.0327. The standard InChI is InChI=1S/C24H27Cl3N4O3/c1-2-31(24(33)34)21-14-30(12-17(21)15-6-7-18(25)19(26)11-15)23(32)16-8-10-29(13-20(16)27)22-5-3-4-9-28-22/h3-7,9,11,16-17,20-21H,2,8,10,12-14H2,1H3,(H,33,34)/t16?,17-,20?,21+/m0/s1. The Labute approximate surface area is 214 Å². The molecule has 7 nitrogen and oxygen atoms in total. The van der Waals surface area contributed by atoms with Crippen LogP contribution in [0.25, 0.3) is 0 Å². The third kappa shape index (κ3) is 5.07. The van der Waals surface area contributed by atoms with E-state index < -0.39 is 6.09 Å². The van der Waals surface area contributed by atoms with Gasteiger partial charge in [0, 0.05) is 44.8 Å². The van der Waals surface area contributed by atoms with Crippen molar-refractivity contribution in [3.8, 4) is 0 Å². The average molecular weight is 526 g/mol. The van der Waals surface area contributed by atoms with Crippen LogP contribution in [0.5, 0.6) is 0 Å². The van der Waals surface area contributed by atoms with Gasteiger partial charge in [0.25, 0.3) is 0 Å². The van der Waals surface area contributed by atoms with Crippen molar-refractivity contribution in [1.29, 1.82) is 0 Å². The highest BCUT2D eigenvalue weighted by Gasteiger charge is 2.44. The zero-order chi connectivity index (χ0) is 24.4. The summed E-state index contributed by atoms with van der Waals surface area (Å²) in [6, 6.07) is 10.7. The predicted molar refractivity (Wildman–Crippen MR) is 134 cm³/mol. The van der Waals surface area contributed by atoms with Crippen LogP contribution in [0.4, 0.5) is 10.6 Å². The number of amides is 2. The predicted octanol–water partition coefficient (Wildman–Crippen LogP) is 4.82. The summed E-state index contributed by atoms with van der Waals surface area (Å²) >= 11 is 19.1. The number of anilines is 1. The number of carbonyl (C=O) groups is 2. The molecule has 4 atom stereocenters. The van der Waals surface area contributed by atoms with Crippen molar-refractivity contribution in [2.24, 2.45) is 5.92 Å². The maximum absolute atomic E-state index is 13.6. The highest BCUT2D eigenvalue weighted by Crippen LogP contribution is 2.36. The summed E-state index contributed by atoms with van der Waals surface area (Å²) in [5.41, 5.74) is 0.863. The molecular weight excluding hydrogens is 499 g/mol. The van der Waals surface area contributed by atoms with Crippen LogP contribution >= 0.6 is 34.8 Å². The molecule has 0 radical (unpaired) electrons. The first-order chi connectivity index (χ1) is 16.3. The lowest BCUT2D eigenvalue weighted by molar-refractivity contribution is -0.135. The van der Waals surface area contributed by atoms with Crippen LogP contribution in [0, 0.1) is 5.92 Å². The molecule has 1 N–H and O–H groups in total. The van der Waals surface area contributed by atoms with E-state index in [0.717, 1.165) is 11.4 Å². The van der Waals surface area contributed by atoms with Crippen LogP contribution in [0.3, 0.4) is 0 Å². The number of aromatic nitrogens is 1. The quantitative estimate of drug-likeness (QED) is 0.567. The van der Waals surface area contributed by atoms with E-state index in [2.05, 4.69) is 9.88 Å². The maximum atomic E-state index is 13.6. The Morgan fingerprint density at radius 1 is 1.15 bits per heavy atom. The number of likely N-dealkylation sites (N-methyl/N-ethyl adjacent to an activating group) is 1. The number of pyridine rings is 1. The van der Waals surface area contributed by atoms with Gasteiger partial charge in [-0.05, 0) is 43.2 Å². The van der Waals surface area contributed by atoms with Gasteiger partial charge in [0.1, 0.15) is 5.82 Å². The normalized spacial score (nSPS) is 24.8. The Morgan fingerprint density at radius 2 is 1.94 bits per heavy atom. The zero-order valence-electron chi connectivity index (χ0n) is 18.8. The molecule has 2 unspecified atom stereocenters. The van der Waals surface area contributed by atoms with Gasteiger partial charge in [-0.2, -0.15) is 0 Å². The highest BCUT2D eigenvalue weighted by atomic mass is 35.5. The summed E-state index contributed by atoms with van der Waals surface area (Å²) in [6.07, 6.45) is 1.34. The Morgan fingerprint density at radius 3 is 2.56 bits per heavy atom. The molecule has 4 rings (SSSR count). The first kappa shape index (κ1) is 24.9. The van der Waals surface area contributed by atoms with Gasteiger partial charge in [-0.15, -0.1) is 11.6 Å². The second-order valence-electron chi connectivity index (χ2n) is 8.70. The number of benzene rings is 1. The molecule has 10 heteroatoms. The summed E-state index contributed by atoms with van der Waals surface area (Å²) in [6.45, 7) is 4.04. The third-order valence-corrected chi connectivity index (χ3v) is 7.97. The smallest absolute Gasteiger partial charge is 0.407 e. The number of hydrogen-bond acceptors (Lipinski definition) is 4. The van der Waals surface area contributed by atoms with Crippen molar-refractivity contribution in [2.75, 3.05) is 37.6 Å². The molecule has 3 heterocycles. The van der Waals surface area contributed by atoms with Crippen LogP contribution in [-0.4, -0.2) is 76.0 Å². The Hall–Kier alpha value is -2.22. The number of piperidine rings is 1. The van der Waals surface area contributed by atoms with Gasteiger partial charge in [-0.25, -0.2) is 9.78 Å². The molecular formula is C24H27Cl3N4O3. The summed E-state index contributed by atoms with van der Waals surface area (Å²) in [5.74, 6) is 0.265. The molecule has 2 saturated heterocycles. The molecule has 2 aliphatic heterocycles. The van der Waals surface area contributed by atoms with Crippen LogP contribution in [0.1, 0.15) is 24.8 Å². The van der Waals surface area contributed by atoms with E-state index in [-0.39, 0.29) is 29.2 Å². The molecule has 0 bridgehead atoms. The van der Waals surface area contributed by atoms with Crippen molar-refractivity contribution >= 4 is 52.6 Å². The molecule has 34 heavy (non-hydrogen) atoms. The van der Waals surface area contributed by atoms with Crippen LogP contribution in [0.15, 0.2) is 42.6 Å². The molecule has 2 aliphatic rings. The summed E-state index contributed by atoms with van der Waals surface area (Å²) in [4.78, 5) is 35.2. The van der Waals surface area contributed by atoms with E-state index in [1.165, 1.54) is 4.90 Å². The van der Waals surface area contributed by atoms with Gasteiger partial charge in [0.15, 0.2) is 0 Å². The van der Waals surface area contributed by atoms with Gasteiger partial charge in [-0.1, -0.05) is 35.3 Å². The van der Waals surface area contributed by atoms with Gasteiger partial charge in [-0.3, -0.25) is 4.79 Å². The zero-order valence-corrected chi connectivity index (χ0v) is 21.0.